The van der Waals surface area contributed by atoms with Gasteiger partial charge in [0, 0.05) is 12.7 Å². The van der Waals surface area contributed by atoms with E-state index >= 15 is 0 Å². The highest BCUT2D eigenvalue weighted by molar-refractivity contribution is 5.86. The van der Waals surface area contributed by atoms with Gasteiger partial charge in [0.05, 0.1) is 7.11 Å². The Kier molecular flexibility index (Phi) is 4.57. The molecule has 1 rings (SSSR count). The van der Waals surface area contributed by atoms with Gasteiger partial charge >= 0.3 is 5.97 Å². The minimum absolute atomic E-state index is 0.129. The second-order valence-corrected chi connectivity index (χ2v) is 3.08. The summed E-state index contributed by atoms with van der Waals surface area (Å²) in [5, 5.41) is 8.77. The van der Waals surface area contributed by atoms with Gasteiger partial charge in [0.2, 0.25) is 0 Å². The van der Waals surface area contributed by atoms with E-state index in [1.165, 1.54) is 13.2 Å². The molecule has 1 aromatic carbocycles. The zero-order valence-electron chi connectivity index (χ0n) is 8.64. The van der Waals surface area contributed by atoms with Crippen molar-refractivity contribution in [3.8, 4) is 0 Å². The number of carbonyl (C=O) groups excluding carboxylic acids is 1. The summed E-state index contributed by atoms with van der Waals surface area (Å²) >= 11 is 0. The van der Waals surface area contributed by atoms with Crippen molar-refractivity contribution in [2.45, 2.75) is 6.42 Å². The van der Waals surface area contributed by atoms with Gasteiger partial charge in [0.15, 0.2) is 0 Å². The molecule has 0 aliphatic heterocycles. The van der Waals surface area contributed by atoms with Crippen LogP contribution >= 0.6 is 0 Å². The number of carbonyl (C=O) groups is 1. The van der Waals surface area contributed by atoms with Crippen LogP contribution in [-0.4, -0.2) is 24.8 Å². The van der Waals surface area contributed by atoms with Crippen LogP contribution in [0.1, 0.15) is 11.1 Å². The zero-order chi connectivity index (χ0) is 11.1. The third-order valence-corrected chi connectivity index (χ3v) is 1.96. The van der Waals surface area contributed by atoms with Gasteiger partial charge in [-0.15, -0.1) is 0 Å². The molecule has 1 N–H and O–H groups in total. The Morgan fingerprint density at radius 1 is 1.53 bits per heavy atom. The van der Waals surface area contributed by atoms with Gasteiger partial charge in [-0.3, -0.25) is 0 Å². The van der Waals surface area contributed by atoms with Crippen molar-refractivity contribution in [1.82, 2.24) is 0 Å². The largest absolute Gasteiger partial charge is 0.466 e. The first kappa shape index (κ1) is 11.5. The van der Waals surface area contributed by atoms with Crippen LogP contribution in [0, 0.1) is 0 Å². The molecule has 3 heteroatoms. The fraction of sp³-hybridized carbons (Fsp3) is 0.250. The topological polar surface area (TPSA) is 46.5 Å². The quantitative estimate of drug-likeness (QED) is 0.598. The smallest absolute Gasteiger partial charge is 0.330 e. The molecule has 0 radical (unpaired) electrons. The summed E-state index contributed by atoms with van der Waals surface area (Å²) in [5.74, 6) is -0.373. The van der Waals surface area contributed by atoms with E-state index in [-0.39, 0.29) is 12.6 Å². The molecule has 3 nitrogen and oxygen atoms in total. The van der Waals surface area contributed by atoms with Crippen LogP contribution < -0.4 is 0 Å². The highest BCUT2D eigenvalue weighted by Gasteiger charge is 1.94. The molecular formula is C12H14O3. The molecule has 0 fully saturated rings. The molecule has 0 saturated carbocycles. The van der Waals surface area contributed by atoms with E-state index < -0.39 is 0 Å². The van der Waals surface area contributed by atoms with Crippen LogP contribution in [0.4, 0.5) is 0 Å². The number of benzene rings is 1. The summed E-state index contributed by atoms with van der Waals surface area (Å²) in [6, 6.07) is 7.64. The maximum Gasteiger partial charge on any atom is 0.330 e. The summed E-state index contributed by atoms with van der Waals surface area (Å²) in [7, 11) is 1.34. The second-order valence-electron chi connectivity index (χ2n) is 3.08. The molecule has 0 aliphatic carbocycles. The van der Waals surface area contributed by atoms with Crippen molar-refractivity contribution in [2.24, 2.45) is 0 Å². The SMILES string of the molecule is COC(=O)C=Cc1cccc(CCO)c1. The number of ether oxygens (including phenoxy) is 1. The van der Waals surface area contributed by atoms with Crippen LogP contribution in [0.15, 0.2) is 30.3 Å². The minimum Gasteiger partial charge on any atom is -0.466 e. The molecule has 0 spiro atoms. The number of hydrogen-bond acceptors (Lipinski definition) is 3. The van der Waals surface area contributed by atoms with Gasteiger partial charge in [-0.05, 0) is 23.6 Å². The lowest BCUT2D eigenvalue weighted by Crippen LogP contribution is -1.94. The fourth-order valence-corrected chi connectivity index (χ4v) is 1.21. The van der Waals surface area contributed by atoms with E-state index in [4.69, 9.17) is 5.11 Å². The Hall–Kier alpha value is -1.61. The summed E-state index contributed by atoms with van der Waals surface area (Å²) in [5.41, 5.74) is 1.97. The second kappa shape index (κ2) is 5.98. The lowest BCUT2D eigenvalue weighted by atomic mass is 10.1. The predicted molar refractivity (Wildman–Crippen MR) is 58.3 cm³/mol. The highest BCUT2D eigenvalue weighted by Crippen LogP contribution is 2.07. The monoisotopic (exact) mass is 206 g/mol. The van der Waals surface area contributed by atoms with Crippen LogP contribution in [0.5, 0.6) is 0 Å². The molecule has 0 saturated heterocycles. The van der Waals surface area contributed by atoms with Crippen LogP contribution in [0.2, 0.25) is 0 Å². The first-order chi connectivity index (χ1) is 7.26. The molecule has 0 amide bonds. The standard InChI is InChI=1S/C12H14O3/c1-15-12(14)6-5-10-3-2-4-11(9-10)7-8-13/h2-6,9,13H,7-8H2,1H3. The Morgan fingerprint density at radius 3 is 3.00 bits per heavy atom. The molecule has 15 heavy (non-hydrogen) atoms. The molecule has 80 valence electrons. The van der Waals surface area contributed by atoms with Crippen LogP contribution in [0.3, 0.4) is 0 Å². The molecule has 1 aromatic rings. The molecule has 0 aromatic heterocycles. The highest BCUT2D eigenvalue weighted by atomic mass is 16.5. The summed E-state index contributed by atoms with van der Waals surface area (Å²) in [6.07, 6.45) is 3.69. The number of rotatable bonds is 4. The van der Waals surface area contributed by atoms with Gasteiger partial charge in [0.25, 0.3) is 0 Å². The number of esters is 1. The predicted octanol–water partition coefficient (Wildman–Crippen LogP) is 1.41. The molecule has 0 bridgehead atoms. The van der Waals surface area contributed by atoms with Crippen molar-refractivity contribution in [1.29, 1.82) is 0 Å². The summed E-state index contributed by atoms with van der Waals surface area (Å²) in [6.45, 7) is 0.129. The Labute approximate surface area is 89.0 Å². The van der Waals surface area contributed by atoms with E-state index in [0.29, 0.717) is 6.42 Å². The normalized spacial score (nSPS) is 10.5. The van der Waals surface area contributed by atoms with Gasteiger partial charge in [0.1, 0.15) is 0 Å². The number of hydrogen-bond donors (Lipinski definition) is 1. The van der Waals surface area contributed by atoms with Crippen molar-refractivity contribution in [3.63, 3.8) is 0 Å². The Bertz CT molecular complexity index is 356. The third kappa shape index (κ3) is 3.95. The number of aliphatic hydroxyl groups excluding tert-OH is 1. The van der Waals surface area contributed by atoms with Crippen LogP contribution in [-0.2, 0) is 16.0 Å². The van der Waals surface area contributed by atoms with Gasteiger partial charge in [-0.1, -0.05) is 24.3 Å². The molecule has 0 unspecified atom stereocenters. The van der Waals surface area contributed by atoms with Crippen molar-refractivity contribution in [3.05, 3.63) is 41.5 Å². The van der Waals surface area contributed by atoms with Gasteiger partial charge in [-0.25, -0.2) is 4.79 Å². The maximum absolute atomic E-state index is 10.8. The Morgan fingerprint density at radius 2 is 2.33 bits per heavy atom. The minimum atomic E-state index is -0.373. The lowest BCUT2D eigenvalue weighted by molar-refractivity contribution is -0.134. The molecule has 0 atom stereocenters. The van der Waals surface area contributed by atoms with E-state index in [0.717, 1.165) is 11.1 Å². The first-order valence-electron chi connectivity index (χ1n) is 4.72. The van der Waals surface area contributed by atoms with E-state index in [1.54, 1.807) is 6.08 Å². The lowest BCUT2D eigenvalue weighted by Gasteiger charge is -1.99. The van der Waals surface area contributed by atoms with E-state index in [9.17, 15) is 4.79 Å². The van der Waals surface area contributed by atoms with Gasteiger partial charge in [-0.2, -0.15) is 0 Å². The molecule has 0 heterocycles. The van der Waals surface area contributed by atoms with E-state index in [2.05, 4.69) is 4.74 Å². The number of methoxy groups -OCH3 is 1. The first-order valence-corrected chi connectivity index (χ1v) is 4.72. The van der Waals surface area contributed by atoms with Gasteiger partial charge < -0.3 is 9.84 Å². The van der Waals surface area contributed by atoms with Crippen molar-refractivity contribution >= 4 is 12.0 Å². The Balaban J connectivity index is 2.73. The summed E-state index contributed by atoms with van der Waals surface area (Å²) < 4.78 is 4.48. The molecule has 0 aliphatic rings. The zero-order valence-corrected chi connectivity index (χ0v) is 8.64. The number of aliphatic hydroxyl groups is 1. The maximum atomic E-state index is 10.8. The fourth-order valence-electron chi connectivity index (χ4n) is 1.21. The molecular weight excluding hydrogens is 192 g/mol. The average Bonchev–Trinajstić information content (AvgIpc) is 2.27. The average molecular weight is 206 g/mol. The van der Waals surface area contributed by atoms with Crippen molar-refractivity contribution in [2.75, 3.05) is 13.7 Å². The summed E-state index contributed by atoms with van der Waals surface area (Å²) in [4.78, 5) is 10.8. The van der Waals surface area contributed by atoms with Crippen molar-refractivity contribution < 1.29 is 14.6 Å². The third-order valence-electron chi connectivity index (χ3n) is 1.96. The van der Waals surface area contributed by atoms with E-state index in [1.807, 2.05) is 24.3 Å². The van der Waals surface area contributed by atoms with Crippen LogP contribution in [0.25, 0.3) is 6.08 Å².